The molecule has 0 fully saturated rings. The van der Waals surface area contributed by atoms with Crippen LogP contribution in [0.1, 0.15) is 5.56 Å². The van der Waals surface area contributed by atoms with Gasteiger partial charge in [-0.25, -0.2) is 8.96 Å². The van der Waals surface area contributed by atoms with Gasteiger partial charge in [0.2, 0.25) is 0 Å². The highest BCUT2D eigenvalue weighted by Gasteiger charge is 2.22. The smallest absolute Gasteiger partial charge is 0.307 e. The number of hydrogen-bond acceptors (Lipinski definition) is 5. The van der Waals surface area contributed by atoms with Gasteiger partial charge in [0.1, 0.15) is 0 Å². The zero-order chi connectivity index (χ0) is 15.9. The molecule has 2 aromatic heterocycles. The van der Waals surface area contributed by atoms with E-state index in [9.17, 15) is 8.42 Å². The lowest BCUT2D eigenvalue weighted by Crippen LogP contribution is -2.28. The quantitative estimate of drug-likeness (QED) is 0.735. The van der Waals surface area contributed by atoms with Crippen molar-refractivity contribution >= 4 is 21.1 Å². The summed E-state index contributed by atoms with van der Waals surface area (Å²) in [6.07, 6.45) is 4.25. The maximum Gasteiger partial charge on any atom is 0.307 e. The number of nitrogens with zero attached hydrogens (tertiary/aromatic N) is 4. The number of oxazole rings is 1. The van der Waals surface area contributed by atoms with Gasteiger partial charge in [-0.3, -0.25) is 0 Å². The first-order valence-electron chi connectivity index (χ1n) is 6.32. The maximum atomic E-state index is 12.5. The standard InChI is InChI=1S/C14H12N4O3S/c1-17(2)22(19,20)18-8-12(14-7-16-9-21-14)11-5-10(6-15)3-4-13(11)18/h3-5,7-9H,1-2H3. The van der Waals surface area contributed by atoms with Crippen molar-refractivity contribution < 1.29 is 12.8 Å². The Morgan fingerprint density at radius 1 is 1.36 bits per heavy atom. The number of nitriles is 1. The Bertz CT molecular complexity index is 979. The summed E-state index contributed by atoms with van der Waals surface area (Å²) in [7, 11) is -0.774. The molecular formula is C14H12N4O3S. The van der Waals surface area contributed by atoms with Crippen LogP contribution in [0.25, 0.3) is 22.2 Å². The van der Waals surface area contributed by atoms with Crippen LogP contribution >= 0.6 is 0 Å². The molecule has 0 atom stereocenters. The number of aromatic nitrogens is 2. The predicted octanol–water partition coefficient (Wildman–Crippen LogP) is 1.82. The number of benzene rings is 1. The largest absolute Gasteiger partial charge is 0.443 e. The van der Waals surface area contributed by atoms with E-state index in [1.165, 1.54) is 36.9 Å². The second-order valence-corrected chi connectivity index (χ2v) is 6.86. The van der Waals surface area contributed by atoms with Crippen molar-refractivity contribution in [1.29, 1.82) is 5.26 Å². The lowest BCUT2D eigenvalue weighted by molar-refractivity contribution is 0.512. The minimum absolute atomic E-state index is 0.438. The highest BCUT2D eigenvalue weighted by molar-refractivity contribution is 7.87. The summed E-state index contributed by atoms with van der Waals surface area (Å²) in [6, 6.07) is 6.86. The SMILES string of the molecule is CN(C)S(=O)(=O)n1cc(-c2cnco2)c2cc(C#N)ccc21. The third kappa shape index (κ3) is 2.07. The Morgan fingerprint density at radius 2 is 2.14 bits per heavy atom. The average molecular weight is 316 g/mol. The fraction of sp³-hybridized carbons (Fsp3) is 0.143. The van der Waals surface area contributed by atoms with E-state index in [0.29, 0.717) is 27.8 Å². The zero-order valence-corrected chi connectivity index (χ0v) is 12.7. The summed E-state index contributed by atoms with van der Waals surface area (Å²) < 4.78 is 32.5. The summed E-state index contributed by atoms with van der Waals surface area (Å²) in [5.41, 5.74) is 1.47. The summed E-state index contributed by atoms with van der Waals surface area (Å²) >= 11 is 0. The van der Waals surface area contributed by atoms with E-state index in [-0.39, 0.29) is 0 Å². The van der Waals surface area contributed by atoms with Crippen LogP contribution in [-0.4, -0.2) is 35.8 Å². The Kier molecular flexibility index (Phi) is 3.24. The molecule has 0 bridgehead atoms. The first-order valence-corrected chi connectivity index (χ1v) is 7.72. The van der Waals surface area contributed by atoms with Crippen molar-refractivity contribution in [3.8, 4) is 17.4 Å². The minimum Gasteiger partial charge on any atom is -0.443 e. The second-order valence-electron chi connectivity index (χ2n) is 4.84. The monoisotopic (exact) mass is 316 g/mol. The molecule has 0 N–H and O–H groups in total. The van der Waals surface area contributed by atoms with E-state index in [1.807, 2.05) is 6.07 Å². The summed E-state index contributed by atoms with van der Waals surface area (Å²) in [4.78, 5) is 3.85. The van der Waals surface area contributed by atoms with Gasteiger partial charge in [-0.05, 0) is 18.2 Å². The minimum atomic E-state index is -3.69. The summed E-state index contributed by atoms with van der Waals surface area (Å²) in [5, 5.41) is 9.67. The van der Waals surface area contributed by atoms with Crippen LogP contribution in [0.2, 0.25) is 0 Å². The Balaban J connectivity index is 2.40. The van der Waals surface area contributed by atoms with Crippen molar-refractivity contribution in [2.75, 3.05) is 14.1 Å². The molecule has 3 aromatic rings. The van der Waals surface area contributed by atoms with Crippen LogP contribution in [-0.2, 0) is 10.2 Å². The Labute approximate surface area is 127 Å². The molecule has 0 radical (unpaired) electrons. The lowest BCUT2D eigenvalue weighted by Gasteiger charge is -2.13. The normalized spacial score (nSPS) is 11.9. The van der Waals surface area contributed by atoms with Crippen LogP contribution in [0.15, 0.2) is 41.4 Å². The molecule has 1 aromatic carbocycles. The van der Waals surface area contributed by atoms with Crippen molar-refractivity contribution in [2.45, 2.75) is 0 Å². The molecule has 0 saturated heterocycles. The first kappa shape index (κ1) is 14.3. The Morgan fingerprint density at radius 3 is 2.73 bits per heavy atom. The van der Waals surface area contributed by atoms with Gasteiger partial charge in [0.05, 0.1) is 23.3 Å². The molecule has 2 heterocycles. The van der Waals surface area contributed by atoms with Crippen LogP contribution in [0.3, 0.4) is 0 Å². The average Bonchev–Trinajstić information content (AvgIpc) is 3.13. The van der Waals surface area contributed by atoms with Gasteiger partial charge in [0.25, 0.3) is 0 Å². The van der Waals surface area contributed by atoms with Gasteiger partial charge >= 0.3 is 10.2 Å². The molecule has 0 saturated carbocycles. The number of hydrogen-bond donors (Lipinski definition) is 0. The maximum absolute atomic E-state index is 12.5. The molecule has 0 aliphatic carbocycles. The molecule has 0 spiro atoms. The highest BCUT2D eigenvalue weighted by atomic mass is 32.2. The number of rotatable bonds is 3. The summed E-state index contributed by atoms with van der Waals surface area (Å²) in [5.74, 6) is 0.438. The third-order valence-electron chi connectivity index (χ3n) is 3.31. The molecule has 0 unspecified atom stereocenters. The zero-order valence-electron chi connectivity index (χ0n) is 11.9. The lowest BCUT2D eigenvalue weighted by atomic mass is 10.1. The molecule has 0 aliphatic rings. The van der Waals surface area contributed by atoms with Gasteiger partial charge in [-0.1, -0.05) is 0 Å². The van der Waals surface area contributed by atoms with Crippen LogP contribution in [0.4, 0.5) is 0 Å². The van der Waals surface area contributed by atoms with Crippen LogP contribution in [0.5, 0.6) is 0 Å². The molecule has 0 aliphatic heterocycles. The third-order valence-corrected chi connectivity index (χ3v) is 5.03. The highest BCUT2D eigenvalue weighted by Crippen LogP contribution is 2.32. The predicted molar refractivity (Wildman–Crippen MR) is 80.2 cm³/mol. The fourth-order valence-corrected chi connectivity index (χ4v) is 3.18. The molecule has 7 nitrogen and oxygen atoms in total. The number of fused-ring (bicyclic) bond motifs is 1. The molecule has 8 heteroatoms. The van der Waals surface area contributed by atoms with Gasteiger partial charge in [0, 0.05) is 31.2 Å². The van der Waals surface area contributed by atoms with Crippen molar-refractivity contribution in [2.24, 2.45) is 0 Å². The first-order chi connectivity index (χ1) is 10.4. The van der Waals surface area contributed by atoms with Crippen molar-refractivity contribution in [3.05, 3.63) is 42.5 Å². The molecule has 3 rings (SSSR count). The van der Waals surface area contributed by atoms with E-state index >= 15 is 0 Å². The molecule has 112 valence electrons. The van der Waals surface area contributed by atoms with E-state index in [2.05, 4.69) is 4.98 Å². The van der Waals surface area contributed by atoms with E-state index < -0.39 is 10.2 Å². The molecular weight excluding hydrogens is 304 g/mol. The van der Waals surface area contributed by atoms with E-state index in [0.717, 1.165) is 4.31 Å². The van der Waals surface area contributed by atoms with Gasteiger partial charge in [0.15, 0.2) is 12.2 Å². The van der Waals surface area contributed by atoms with E-state index in [4.69, 9.17) is 9.68 Å². The summed E-state index contributed by atoms with van der Waals surface area (Å²) in [6.45, 7) is 0. The van der Waals surface area contributed by atoms with Gasteiger partial charge in [-0.15, -0.1) is 0 Å². The van der Waals surface area contributed by atoms with Crippen LogP contribution < -0.4 is 0 Å². The fourth-order valence-electron chi connectivity index (χ4n) is 2.18. The van der Waals surface area contributed by atoms with E-state index in [1.54, 1.807) is 18.2 Å². The Hall–Kier alpha value is -2.63. The second kappa shape index (κ2) is 4.98. The molecule has 0 amide bonds. The van der Waals surface area contributed by atoms with Crippen LogP contribution in [0, 0.1) is 11.3 Å². The van der Waals surface area contributed by atoms with Crippen molar-refractivity contribution in [3.63, 3.8) is 0 Å². The topological polar surface area (TPSA) is 92.1 Å². The van der Waals surface area contributed by atoms with Crippen molar-refractivity contribution in [1.82, 2.24) is 13.3 Å². The van der Waals surface area contributed by atoms with Gasteiger partial charge in [-0.2, -0.15) is 18.0 Å². The van der Waals surface area contributed by atoms with Gasteiger partial charge < -0.3 is 4.42 Å². The molecule has 22 heavy (non-hydrogen) atoms.